The van der Waals surface area contributed by atoms with Crippen LogP contribution < -0.4 is 0 Å². The minimum absolute atomic E-state index is 0.0200. The van der Waals surface area contributed by atoms with Crippen molar-refractivity contribution >= 4 is 11.6 Å². The summed E-state index contributed by atoms with van der Waals surface area (Å²) in [5.41, 5.74) is 1.05. The number of carbonyl (C=O) groups excluding carboxylic acids is 2. The third kappa shape index (κ3) is 6.61. The molecule has 0 N–H and O–H groups in total. The van der Waals surface area contributed by atoms with Crippen molar-refractivity contribution in [2.75, 3.05) is 13.2 Å². The summed E-state index contributed by atoms with van der Waals surface area (Å²) in [4.78, 5) is 23.4. The normalized spacial score (nSPS) is 11.3. The Morgan fingerprint density at radius 3 is 2.39 bits per heavy atom. The molecule has 0 aliphatic heterocycles. The standard InChI is InChI=1S/C19H27FO3/c1-13(2)15-8-9-16(17(20)11-15)18(21)7-5-6-10-23-12-19(22)14(3)4/h8-9,11,13-14H,5-7,10,12H2,1-4H3. The van der Waals surface area contributed by atoms with Crippen molar-refractivity contribution in [3.8, 4) is 0 Å². The Morgan fingerprint density at radius 1 is 1.13 bits per heavy atom. The molecule has 0 aliphatic carbocycles. The lowest BCUT2D eigenvalue weighted by molar-refractivity contribution is -0.126. The molecule has 1 aromatic rings. The van der Waals surface area contributed by atoms with Crippen LogP contribution in [-0.4, -0.2) is 24.8 Å². The molecule has 4 heteroatoms. The van der Waals surface area contributed by atoms with Crippen molar-refractivity contribution in [1.29, 1.82) is 0 Å². The highest BCUT2D eigenvalue weighted by Crippen LogP contribution is 2.19. The maximum atomic E-state index is 14.0. The number of hydrogen-bond acceptors (Lipinski definition) is 3. The number of ether oxygens (including phenoxy) is 1. The van der Waals surface area contributed by atoms with Crippen LogP contribution in [0.25, 0.3) is 0 Å². The number of ketones is 2. The van der Waals surface area contributed by atoms with Crippen LogP contribution in [-0.2, 0) is 9.53 Å². The Balaban J connectivity index is 2.33. The average molecular weight is 322 g/mol. The molecule has 0 amide bonds. The predicted molar refractivity (Wildman–Crippen MR) is 89.3 cm³/mol. The molecule has 0 spiro atoms. The lowest BCUT2D eigenvalue weighted by Crippen LogP contribution is -2.15. The molecule has 0 heterocycles. The fourth-order valence-corrected chi connectivity index (χ4v) is 2.08. The van der Waals surface area contributed by atoms with E-state index >= 15 is 0 Å². The van der Waals surface area contributed by atoms with Crippen LogP contribution in [0.2, 0.25) is 0 Å². The fraction of sp³-hybridized carbons (Fsp3) is 0.579. The third-order valence-corrected chi connectivity index (χ3v) is 3.79. The molecule has 0 aliphatic rings. The summed E-state index contributed by atoms with van der Waals surface area (Å²) < 4.78 is 19.2. The number of hydrogen-bond donors (Lipinski definition) is 0. The summed E-state index contributed by atoms with van der Waals surface area (Å²) in [5.74, 6) is -0.336. The molecule has 23 heavy (non-hydrogen) atoms. The van der Waals surface area contributed by atoms with Gasteiger partial charge in [0.05, 0.1) is 5.56 Å². The summed E-state index contributed by atoms with van der Waals surface area (Å²) >= 11 is 0. The highest BCUT2D eigenvalue weighted by atomic mass is 19.1. The van der Waals surface area contributed by atoms with Gasteiger partial charge in [-0.05, 0) is 36.5 Å². The Kier molecular flexibility index (Phi) is 8.10. The molecule has 1 rings (SSSR count). The van der Waals surface area contributed by atoms with Crippen molar-refractivity contribution < 1.29 is 18.7 Å². The molecule has 0 saturated carbocycles. The van der Waals surface area contributed by atoms with E-state index in [1.54, 1.807) is 6.07 Å². The van der Waals surface area contributed by atoms with E-state index in [9.17, 15) is 14.0 Å². The number of halogens is 1. The van der Waals surface area contributed by atoms with Crippen LogP contribution in [0.15, 0.2) is 18.2 Å². The second-order valence-corrected chi connectivity index (χ2v) is 6.45. The van der Waals surface area contributed by atoms with E-state index in [-0.39, 0.29) is 35.6 Å². The molecule has 0 bridgehead atoms. The average Bonchev–Trinajstić information content (AvgIpc) is 2.49. The first-order chi connectivity index (χ1) is 10.8. The first kappa shape index (κ1) is 19.5. The van der Waals surface area contributed by atoms with Gasteiger partial charge in [-0.25, -0.2) is 4.39 Å². The van der Waals surface area contributed by atoms with Crippen molar-refractivity contribution in [2.45, 2.75) is 52.9 Å². The van der Waals surface area contributed by atoms with E-state index in [4.69, 9.17) is 4.74 Å². The second kappa shape index (κ2) is 9.56. The van der Waals surface area contributed by atoms with E-state index in [1.165, 1.54) is 6.07 Å². The quantitative estimate of drug-likeness (QED) is 0.469. The SMILES string of the molecule is CC(C)C(=O)COCCCCC(=O)c1ccc(C(C)C)cc1F. The molecule has 128 valence electrons. The van der Waals surface area contributed by atoms with Gasteiger partial charge in [0.15, 0.2) is 11.6 Å². The van der Waals surface area contributed by atoms with Crippen LogP contribution in [0.5, 0.6) is 0 Å². The zero-order chi connectivity index (χ0) is 17.4. The van der Waals surface area contributed by atoms with Gasteiger partial charge >= 0.3 is 0 Å². The van der Waals surface area contributed by atoms with Crippen molar-refractivity contribution in [3.63, 3.8) is 0 Å². The Bertz CT molecular complexity index is 535. The van der Waals surface area contributed by atoms with E-state index in [2.05, 4.69) is 0 Å². The lowest BCUT2D eigenvalue weighted by atomic mass is 9.98. The smallest absolute Gasteiger partial charge is 0.165 e. The summed E-state index contributed by atoms with van der Waals surface area (Å²) in [5, 5.41) is 0. The Labute approximate surface area is 138 Å². The van der Waals surface area contributed by atoms with Gasteiger partial charge in [0.1, 0.15) is 12.4 Å². The van der Waals surface area contributed by atoms with Crippen LogP contribution in [0.1, 0.15) is 68.8 Å². The van der Waals surface area contributed by atoms with E-state index in [0.717, 1.165) is 5.56 Å². The minimum atomic E-state index is -0.444. The van der Waals surface area contributed by atoms with Gasteiger partial charge in [-0.1, -0.05) is 33.8 Å². The van der Waals surface area contributed by atoms with Gasteiger partial charge in [-0.3, -0.25) is 9.59 Å². The molecule has 0 fully saturated rings. The first-order valence-electron chi connectivity index (χ1n) is 8.26. The molecular weight excluding hydrogens is 295 g/mol. The maximum Gasteiger partial charge on any atom is 0.165 e. The largest absolute Gasteiger partial charge is 0.374 e. The predicted octanol–water partition coefficient (Wildman–Crippen LogP) is 4.54. The molecule has 0 radical (unpaired) electrons. The van der Waals surface area contributed by atoms with Gasteiger partial charge in [0, 0.05) is 18.9 Å². The highest BCUT2D eigenvalue weighted by molar-refractivity contribution is 5.96. The van der Waals surface area contributed by atoms with Crippen molar-refractivity contribution in [2.24, 2.45) is 5.92 Å². The van der Waals surface area contributed by atoms with Gasteiger partial charge in [0.25, 0.3) is 0 Å². The summed E-state index contributed by atoms with van der Waals surface area (Å²) in [6, 6.07) is 4.82. The maximum absolute atomic E-state index is 14.0. The Hall–Kier alpha value is -1.55. The lowest BCUT2D eigenvalue weighted by Gasteiger charge is -2.08. The van der Waals surface area contributed by atoms with Crippen molar-refractivity contribution in [1.82, 2.24) is 0 Å². The topological polar surface area (TPSA) is 43.4 Å². The number of Topliss-reactive ketones (excluding diaryl/α,β-unsaturated/α-hetero) is 2. The number of benzene rings is 1. The van der Waals surface area contributed by atoms with Crippen molar-refractivity contribution in [3.05, 3.63) is 35.1 Å². The highest BCUT2D eigenvalue weighted by Gasteiger charge is 2.13. The second-order valence-electron chi connectivity index (χ2n) is 6.45. The molecule has 0 aromatic heterocycles. The van der Waals surface area contributed by atoms with Crippen LogP contribution in [0, 0.1) is 11.7 Å². The number of unbranched alkanes of at least 4 members (excludes halogenated alkanes) is 1. The van der Waals surface area contributed by atoms with Crippen LogP contribution in [0.4, 0.5) is 4.39 Å². The van der Waals surface area contributed by atoms with Gasteiger partial charge in [-0.15, -0.1) is 0 Å². The number of rotatable bonds is 10. The zero-order valence-electron chi connectivity index (χ0n) is 14.5. The summed E-state index contributed by atoms with van der Waals surface area (Å²) in [6.07, 6.45) is 1.60. The van der Waals surface area contributed by atoms with E-state index in [1.807, 2.05) is 33.8 Å². The fourth-order valence-electron chi connectivity index (χ4n) is 2.08. The number of carbonyl (C=O) groups is 2. The van der Waals surface area contributed by atoms with Gasteiger partial charge in [-0.2, -0.15) is 0 Å². The monoisotopic (exact) mass is 322 g/mol. The molecule has 0 unspecified atom stereocenters. The third-order valence-electron chi connectivity index (χ3n) is 3.79. The van der Waals surface area contributed by atoms with Crippen LogP contribution >= 0.6 is 0 Å². The van der Waals surface area contributed by atoms with Gasteiger partial charge < -0.3 is 4.74 Å². The minimum Gasteiger partial charge on any atom is -0.374 e. The molecule has 0 atom stereocenters. The first-order valence-corrected chi connectivity index (χ1v) is 8.26. The van der Waals surface area contributed by atoms with E-state index < -0.39 is 5.82 Å². The van der Waals surface area contributed by atoms with E-state index in [0.29, 0.717) is 25.9 Å². The summed E-state index contributed by atoms with van der Waals surface area (Å²) in [7, 11) is 0. The Morgan fingerprint density at radius 2 is 1.83 bits per heavy atom. The zero-order valence-corrected chi connectivity index (χ0v) is 14.5. The molecule has 0 saturated heterocycles. The van der Waals surface area contributed by atoms with Crippen LogP contribution in [0.3, 0.4) is 0 Å². The van der Waals surface area contributed by atoms with Gasteiger partial charge in [0.2, 0.25) is 0 Å². The molecule has 1 aromatic carbocycles. The summed E-state index contributed by atoms with van der Waals surface area (Å²) in [6.45, 7) is 8.21. The molecule has 3 nitrogen and oxygen atoms in total. The molecular formula is C19H27FO3.